The molecule has 0 saturated carbocycles. The van der Waals surface area contributed by atoms with E-state index < -0.39 is 5.60 Å². The van der Waals surface area contributed by atoms with E-state index in [-0.39, 0.29) is 30.1 Å². The van der Waals surface area contributed by atoms with Crippen molar-refractivity contribution in [1.82, 2.24) is 9.80 Å². The van der Waals surface area contributed by atoms with Crippen LogP contribution in [0.2, 0.25) is 0 Å². The Hall–Kier alpha value is -1.97. The minimum absolute atomic E-state index is 0. The first-order chi connectivity index (χ1) is 13.3. The molecule has 1 aromatic carbocycles. The molecule has 1 saturated heterocycles. The highest BCUT2D eigenvalue weighted by Gasteiger charge is 2.26. The quantitative estimate of drug-likeness (QED) is 0.291. The summed E-state index contributed by atoms with van der Waals surface area (Å²) in [6.45, 7) is 10.6. The molecule has 2 aliphatic heterocycles. The van der Waals surface area contributed by atoms with Crippen molar-refractivity contribution < 1.29 is 9.53 Å². The van der Waals surface area contributed by atoms with Crippen LogP contribution < -0.4 is 10.6 Å². The largest absolute Gasteiger partial charge is 0.444 e. The molecule has 2 heterocycles. The number of nitrogens with two attached hydrogens (primary N) is 1. The molecule has 0 aromatic heterocycles. The van der Waals surface area contributed by atoms with E-state index in [1.54, 1.807) is 4.90 Å². The number of anilines is 1. The van der Waals surface area contributed by atoms with Gasteiger partial charge in [-0.1, -0.05) is 24.3 Å². The standard InChI is InChI=1S/C21H31N5O2.HI/c1-21(2,3)28-20(27)26-14-12-25(13-15-26)19(22)23-16-17-6-8-18(9-7-17)24-10-4-5-11-24;/h4-9H,10-16H2,1-3H3,(H2,22,23);1H. The Morgan fingerprint density at radius 1 is 1.03 bits per heavy atom. The van der Waals surface area contributed by atoms with Crippen LogP contribution in [0, 0.1) is 0 Å². The molecule has 1 aromatic rings. The van der Waals surface area contributed by atoms with Crippen LogP contribution in [-0.2, 0) is 11.3 Å². The molecule has 7 nitrogen and oxygen atoms in total. The fraction of sp³-hybridized carbons (Fsp3) is 0.524. The van der Waals surface area contributed by atoms with Crippen LogP contribution in [0.15, 0.2) is 41.4 Å². The number of rotatable bonds is 3. The smallest absolute Gasteiger partial charge is 0.410 e. The lowest BCUT2D eigenvalue weighted by Gasteiger charge is -2.36. The third-order valence-electron chi connectivity index (χ3n) is 4.80. The monoisotopic (exact) mass is 513 g/mol. The number of nitrogens with zero attached hydrogens (tertiary/aromatic N) is 4. The first-order valence-corrected chi connectivity index (χ1v) is 9.83. The van der Waals surface area contributed by atoms with Gasteiger partial charge in [0.1, 0.15) is 5.60 Å². The predicted molar refractivity (Wildman–Crippen MR) is 128 cm³/mol. The molecule has 0 bridgehead atoms. The number of hydrogen-bond acceptors (Lipinski definition) is 4. The van der Waals surface area contributed by atoms with Gasteiger partial charge in [0.15, 0.2) is 5.96 Å². The zero-order valence-electron chi connectivity index (χ0n) is 17.5. The summed E-state index contributed by atoms with van der Waals surface area (Å²) >= 11 is 0. The van der Waals surface area contributed by atoms with Crippen LogP contribution in [0.3, 0.4) is 0 Å². The number of amides is 1. The van der Waals surface area contributed by atoms with Gasteiger partial charge in [0.05, 0.1) is 6.54 Å². The zero-order valence-corrected chi connectivity index (χ0v) is 19.8. The molecule has 29 heavy (non-hydrogen) atoms. The lowest BCUT2D eigenvalue weighted by molar-refractivity contribution is 0.0186. The Kier molecular flexibility index (Phi) is 8.18. The summed E-state index contributed by atoms with van der Waals surface area (Å²) in [6.07, 6.45) is 4.10. The summed E-state index contributed by atoms with van der Waals surface area (Å²) in [5.74, 6) is 0.525. The highest BCUT2D eigenvalue weighted by molar-refractivity contribution is 14.0. The summed E-state index contributed by atoms with van der Waals surface area (Å²) in [6, 6.07) is 8.47. The second-order valence-electron chi connectivity index (χ2n) is 8.17. The number of hydrogen-bond donors (Lipinski definition) is 1. The molecule has 8 heteroatoms. The molecule has 1 amide bonds. The van der Waals surface area contributed by atoms with Gasteiger partial charge in [0.25, 0.3) is 0 Å². The molecule has 2 N–H and O–H groups in total. The summed E-state index contributed by atoms with van der Waals surface area (Å²) in [7, 11) is 0. The van der Waals surface area contributed by atoms with Crippen molar-refractivity contribution in [2.75, 3.05) is 44.2 Å². The van der Waals surface area contributed by atoms with Crippen molar-refractivity contribution in [2.24, 2.45) is 10.7 Å². The average molecular weight is 513 g/mol. The molecule has 3 rings (SSSR count). The Bertz CT molecular complexity index is 726. The molecule has 0 aliphatic carbocycles. The van der Waals surface area contributed by atoms with Crippen LogP contribution in [-0.4, -0.2) is 66.7 Å². The van der Waals surface area contributed by atoms with Crippen molar-refractivity contribution in [3.05, 3.63) is 42.0 Å². The number of guanidine groups is 1. The number of piperazine rings is 1. The van der Waals surface area contributed by atoms with Gasteiger partial charge < -0.3 is 25.2 Å². The molecule has 0 radical (unpaired) electrons. The molecule has 0 spiro atoms. The molecule has 0 unspecified atom stereocenters. The lowest BCUT2D eigenvalue weighted by Crippen LogP contribution is -2.53. The number of benzene rings is 1. The first-order valence-electron chi connectivity index (χ1n) is 9.83. The third kappa shape index (κ3) is 6.80. The SMILES string of the molecule is CC(C)(C)OC(=O)N1CCN(C(N)=NCc2ccc(N3CC=CC3)cc2)CC1.I. The van der Waals surface area contributed by atoms with Gasteiger partial charge in [-0.05, 0) is 38.5 Å². The Morgan fingerprint density at radius 3 is 2.14 bits per heavy atom. The van der Waals surface area contributed by atoms with E-state index in [0.717, 1.165) is 18.7 Å². The van der Waals surface area contributed by atoms with Gasteiger partial charge in [0, 0.05) is 45.0 Å². The van der Waals surface area contributed by atoms with Gasteiger partial charge in [0.2, 0.25) is 0 Å². The van der Waals surface area contributed by atoms with Gasteiger partial charge >= 0.3 is 6.09 Å². The van der Waals surface area contributed by atoms with Crippen LogP contribution in [0.4, 0.5) is 10.5 Å². The first kappa shape index (κ1) is 23.3. The number of carbonyl (C=O) groups is 1. The van der Waals surface area contributed by atoms with Crippen molar-refractivity contribution in [3.63, 3.8) is 0 Å². The molecule has 2 aliphatic rings. The Morgan fingerprint density at radius 2 is 1.59 bits per heavy atom. The van der Waals surface area contributed by atoms with Gasteiger partial charge in [-0.2, -0.15) is 0 Å². The average Bonchev–Trinajstić information content (AvgIpc) is 3.20. The van der Waals surface area contributed by atoms with Crippen molar-refractivity contribution in [2.45, 2.75) is 32.9 Å². The van der Waals surface area contributed by atoms with Crippen LogP contribution in [0.25, 0.3) is 0 Å². The second-order valence-corrected chi connectivity index (χ2v) is 8.17. The minimum atomic E-state index is -0.477. The van der Waals surface area contributed by atoms with Crippen molar-refractivity contribution >= 4 is 41.7 Å². The fourth-order valence-corrected chi connectivity index (χ4v) is 3.22. The lowest BCUT2D eigenvalue weighted by atomic mass is 10.2. The molecule has 0 atom stereocenters. The molecule has 160 valence electrons. The zero-order chi connectivity index (χ0) is 20.1. The fourth-order valence-electron chi connectivity index (χ4n) is 3.22. The van der Waals surface area contributed by atoms with Gasteiger partial charge in [-0.15, -0.1) is 24.0 Å². The number of halogens is 1. The van der Waals surface area contributed by atoms with E-state index in [1.807, 2.05) is 25.7 Å². The van der Waals surface area contributed by atoms with Crippen LogP contribution in [0.5, 0.6) is 0 Å². The molecular weight excluding hydrogens is 481 g/mol. The van der Waals surface area contributed by atoms with Gasteiger partial charge in [-0.25, -0.2) is 9.79 Å². The number of aliphatic imine (C=N–C) groups is 1. The Labute approximate surface area is 190 Å². The topological polar surface area (TPSA) is 74.4 Å². The normalized spacial score (nSPS) is 17.3. The third-order valence-corrected chi connectivity index (χ3v) is 4.80. The maximum absolute atomic E-state index is 12.1. The van der Waals surface area contributed by atoms with E-state index >= 15 is 0 Å². The van der Waals surface area contributed by atoms with E-state index in [2.05, 4.69) is 46.3 Å². The summed E-state index contributed by atoms with van der Waals surface area (Å²) < 4.78 is 5.42. The molecular formula is C21H32IN5O2. The van der Waals surface area contributed by atoms with Crippen LogP contribution >= 0.6 is 24.0 Å². The predicted octanol–water partition coefficient (Wildman–Crippen LogP) is 3.05. The second kappa shape index (κ2) is 10.2. The van der Waals surface area contributed by atoms with Gasteiger partial charge in [-0.3, -0.25) is 0 Å². The van der Waals surface area contributed by atoms with E-state index in [4.69, 9.17) is 10.5 Å². The van der Waals surface area contributed by atoms with E-state index in [1.165, 1.54) is 5.69 Å². The summed E-state index contributed by atoms with van der Waals surface area (Å²) in [5, 5.41) is 0. The maximum Gasteiger partial charge on any atom is 0.410 e. The van der Waals surface area contributed by atoms with E-state index in [9.17, 15) is 4.79 Å². The highest BCUT2D eigenvalue weighted by Crippen LogP contribution is 2.18. The maximum atomic E-state index is 12.1. The number of ether oxygens (including phenoxy) is 1. The minimum Gasteiger partial charge on any atom is -0.444 e. The Balaban J connectivity index is 0.00000300. The summed E-state index contributed by atoms with van der Waals surface area (Å²) in [5.41, 5.74) is 8.05. The number of carbonyl (C=O) groups excluding carboxylic acids is 1. The molecule has 1 fully saturated rings. The van der Waals surface area contributed by atoms with Crippen LogP contribution in [0.1, 0.15) is 26.3 Å². The highest BCUT2D eigenvalue weighted by atomic mass is 127. The van der Waals surface area contributed by atoms with Crippen molar-refractivity contribution in [3.8, 4) is 0 Å². The van der Waals surface area contributed by atoms with E-state index in [0.29, 0.717) is 38.7 Å². The van der Waals surface area contributed by atoms with Crippen molar-refractivity contribution in [1.29, 1.82) is 0 Å². The summed E-state index contributed by atoms with van der Waals surface area (Å²) in [4.78, 5) is 22.7.